The molecule has 2 heterocycles. The zero-order valence-electron chi connectivity index (χ0n) is 22.1. The van der Waals surface area contributed by atoms with E-state index in [4.69, 9.17) is 14.5 Å². The number of carbonyl (C=O) groups excluding carboxylic acids is 1. The van der Waals surface area contributed by atoms with Crippen molar-refractivity contribution >= 4 is 16.9 Å². The molecular formula is C30H41N3O3. The number of nitrogens with zero attached hydrogens (tertiary/aromatic N) is 2. The van der Waals surface area contributed by atoms with Gasteiger partial charge in [-0.15, -0.1) is 0 Å². The van der Waals surface area contributed by atoms with Crippen LogP contribution in [-0.2, 0) is 22.5 Å². The number of para-hydroxylation sites is 2. The maximum Gasteiger partial charge on any atom is 0.249 e. The topological polar surface area (TPSA) is 65.4 Å². The maximum absolute atomic E-state index is 12.1. The minimum absolute atomic E-state index is 0.0442. The van der Waals surface area contributed by atoms with Crippen LogP contribution in [0.4, 0.5) is 0 Å². The number of aromatic nitrogens is 2. The molecule has 1 aliphatic rings. The van der Waals surface area contributed by atoms with Gasteiger partial charge in [-0.3, -0.25) is 4.79 Å². The molecule has 1 aromatic heterocycles. The summed E-state index contributed by atoms with van der Waals surface area (Å²) in [6, 6.07) is 14.9. The molecule has 0 saturated carbocycles. The van der Waals surface area contributed by atoms with Gasteiger partial charge in [-0.2, -0.15) is 0 Å². The van der Waals surface area contributed by atoms with Gasteiger partial charge in [0.15, 0.2) is 0 Å². The molecule has 0 spiro atoms. The van der Waals surface area contributed by atoms with Crippen LogP contribution in [0.3, 0.4) is 0 Å². The monoisotopic (exact) mass is 491 g/mol. The lowest BCUT2D eigenvalue weighted by molar-refractivity contribution is -0.130. The highest BCUT2D eigenvalue weighted by Gasteiger charge is 2.22. The Morgan fingerprint density at radius 1 is 1.17 bits per heavy atom. The van der Waals surface area contributed by atoms with Crippen LogP contribution < -0.4 is 10.1 Å². The van der Waals surface area contributed by atoms with Gasteiger partial charge in [0.05, 0.1) is 17.6 Å². The maximum atomic E-state index is 12.1. The number of aryl methyl sites for hydroxylation is 3. The minimum atomic E-state index is -0.239. The van der Waals surface area contributed by atoms with Crippen LogP contribution >= 0.6 is 0 Å². The molecule has 6 nitrogen and oxygen atoms in total. The van der Waals surface area contributed by atoms with Gasteiger partial charge < -0.3 is 19.4 Å². The fraction of sp³-hybridized carbons (Fsp3) is 0.533. The Bertz CT molecular complexity index is 1130. The van der Waals surface area contributed by atoms with Gasteiger partial charge in [-0.25, -0.2) is 4.98 Å². The average Bonchev–Trinajstić information content (AvgIpc) is 3.52. The second kappa shape index (κ2) is 12.9. The number of amides is 1. The number of benzene rings is 2. The van der Waals surface area contributed by atoms with Crippen molar-refractivity contribution in [1.82, 2.24) is 14.9 Å². The number of fused-ring (bicyclic) bond motifs is 1. The molecule has 1 unspecified atom stereocenters. The summed E-state index contributed by atoms with van der Waals surface area (Å²) < 4.78 is 14.0. The number of rotatable bonds is 13. The molecule has 3 aromatic rings. The van der Waals surface area contributed by atoms with Gasteiger partial charge in [0.1, 0.15) is 17.7 Å². The van der Waals surface area contributed by atoms with E-state index in [-0.39, 0.29) is 12.0 Å². The van der Waals surface area contributed by atoms with Crippen molar-refractivity contribution in [3.63, 3.8) is 0 Å². The van der Waals surface area contributed by atoms with E-state index >= 15 is 0 Å². The van der Waals surface area contributed by atoms with Gasteiger partial charge in [-0.05, 0) is 74.3 Å². The molecule has 36 heavy (non-hydrogen) atoms. The summed E-state index contributed by atoms with van der Waals surface area (Å²) in [7, 11) is 0. The SMILES string of the molecule is Cc1ccc(C(C)C)c(OCCCn2c(CCCCCNC(=O)C3CCCO3)nc3ccccc32)c1. The Labute approximate surface area is 215 Å². The van der Waals surface area contributed by atoms with Crippen molar-refractivity contribution in [2.24, 2.45) is 0 Å². The molecule has 4 rings (SSSR count). The minimum Gasteiger partial charge on any atom is -0.493 e. The van der Waals surface area contributed by atoms with E-state index in [1.165, 1.54) is 16.6 Å². The first-order chi connectivity index (χ1) is 17.5. The van der Waals surface area contributed by atoms with Gasteiger partial charge in [-0.1, -0.05) is 44.5 Å². The molecule has 0 aliphatic carbocycles. The number of carbonyl (C=O) groups is 1. The lowest BCUT2D eigenvalue weighted by Gasteiger charge is -2.15. The molecule has 1 saturated heterocycles. The average molecular weight is 492 g/mol. The fourth-order valence-corrected chi connectivity index (χ4v) is 4.91. The zero-order chi connectivity index (χ0) is 25.3. The second-order valence-corrected chi connectivity index (χ2v) is 10.2. The highest BCUT2D eigenvalue weighted by atomic mass is 16.5. The zero-order valence-corrected chi connectivity index (χ0v) is 22.1. The second-order valence-electron chi connectivity index (χ2n) is 10.2. The van der Waals surface area contributed by atoms with Gasteiger partial charge in [0, 0.05) is 26.1 Å². The smallest absolute Gasteiger partial charge is 0.249 e. The third kappa shape index (κ3) is 6.88. The molecule has 0 bridgehead atoms. The summed E-state index contributed by atoms with van der Waals surface area (Å²) in [5, 5.41) is 3.02. The first-order valence-electron chi connectivity index (χ1n) is 13.6. The van der Waals surface area contributed by atoms with Crippen LogP contribution in [0.1, 0.15) is 75.2 Å². The molecule has 0 radical (unpaired) electrons. The third-order valence-electron chi connectivity index (χ3n) is 6.91. The Kier molecular flexibility index (Phi) is 9.40. The van der Waals surface area contributed by atoms with Crippen LogP contribution in [0.5, 0.6) is 5.75 Å². The molecule has 1 amide bonds. The van der Waals surface area contributed by atoms with Crippen molar-refractivity contribution in [2.75, 3.05) is 19.8 Å². The number of hydrogen-bond donors (Lipinski definition) is 1. The number of imidazole rings is 1. The van der Waals surface area contributed by atoms with Crippen LogP contribution in [0, 0.1) is 6.92 Å². The van der Waals surface area contributed by atoms with Crippen LogP contribution in [0.15, 0.2) is 42.5 Å². The summed E-state index contributed by atoms with van der Waals surface area (Å²) in [4.78, 5) is 17.0. The highest BCUT2D eigenvalue weighted by Crippen LogP contribution is 2.28. The largest absolute Gasteiger partial charge is 0.493 e. The summed E-state index contributed by atoms with van der Waals surface area (Å²) >= 11 is 0. The predicted molar refractivity (Wildman–Crippen MR) is 145 cm³/mol. The van der Waals surface area contributed by atoms with Crippen molar-refractivity contribution in [3.8, 4) is 5.75 Å². The highest BCUT2D eigenvalue weighted by molar-refractivity contribution is 5.80. The van der Waals surface area contributed by atoms with E-state index in [2.05, 4.69) is 73.1 Å². The quantitative estimate of drug-likeness (QED) is 0.300. The predicted octanol–water partition coefficient (Wildman–Crippen LogP) is 5.95. The molecule has 2 aromatic carbocycles. The molecule has 194 valence electrons. The van der Waals surface area contributed by atoms with Crippen LogP contribution in [-0.4, -0.2) is 41.3 Å². The normalized spacial score (nSPS) is 15.6. The summed E-state index contributed by atoms with van der Waals surface area (Å²) in [5.41, 5.74) is 4.73. The molecule has 1 aliphatic heterocycles. The summed E-state index contributed by atoms with van der Waals surface area (Å²) in [6.45, 7) is 9.51. The number of nitrogens with one attached hydrogen (secondary N) is 1. The molecule has 6 heteroatoms. The Balaban J connectivity index is 1.27. The van der Waals surface area contributed by atoms with Crippen LogP contribution in [0.25, 0.3) is 11.0 Å². The number of ether oxygens (including phenoxy) is 2. The van der Waals surface area contributed by atoms with Gasteiger partial charge in [0.25, 0.3) is 0 Å². The Morgan fingerprint density at radius 3 is 2.83 bits per heavy atom. The number of unbranched alkanes of at least 4 members (excludes halogenated alkanes) is 2. The van der Waals surface area contributed by atoms with Gasteiger partial charge >= 0.3 is 0 Å². The fourth-order valence-electron chi connectivity index (χ4n) is 4.91. The molecule has 1 atom stereocenters. The third-order valence-corrected chi connectivity index (χ3v) is 6.91. The van der Waals surface area contributed by atoms with Crippen molar-refractivity contribution < 1.29 is 14.3 Å². The van der Waals surface area contributed by atoms with E-state index in [0.29, 0.717) is 25.7 Å². The lowest BCUT2D eigenvalue weighted by atomic mass is 10.0. The van der Waals surface area contributed by atoms with Crippen molar-refractivity contribution in [3.05, 3.63) is 59.4 Å². The van der Waals surface area contributed by atoms with E-state index in [0.717, 1.165) is 68.6 Å². The Hall–Kier alpha value is -2.86. The summed E-state index contributed by atoms with van der Waals surface area (Å²) in [6.07, 6.45) is 6.53. The first kappa shape index (κ1) is 26.2. The summed E-state index contributed by atoms with van der Waals surface area (Å²) in [5.74, 6) is 2.63. The van der Waals surface area contributed by atoms with Crippen molar-refractivity contribution in [1.29, 1.82) is 0 Å². The van der Waals surface area contributed by atoms with E-state index in [1.807, 2.05) is 0 Å². The molecule has 1 fully saturated rings. The van der Waals surface area contributed by atoms with E-state index < -0.39 is 0 Å². The van der Waals surface area contributed by atoms with Crippen molar-refractivity contribution in [2.45, 2.75) is 84.3 Å². The molecule has 1 N–H and O–H groups in total. The molecular weight excluding hydrogens is 450 g/mol. The first-order valence-corrected chi connectivity index (χ1v) is 13.6. The van der Waals surface area contributed by atoms with E-state index in [9.17, 15) is 4.79 Å². The van der Waals surface area contributed by atoms with E-state index in [1.54, 1.807) is 0 Å². The Morgan fingerprint density at radius 2 is 2.03 bits per heavy atom. The van der Waals surface area contributed by atoms with Crippen LogP contribution in [0.2, 0.25) is 0 Å². The standard InChI is InChI=1S/C30H41N3O3/c1-22(2)24-16-15-23(3)21-28(24)36-20-10-18-33-26-12-7-6-11-25(26)32-29(33)14-5-4-8-17-31-30(34)27-13-9-19-35-27/h6-7,11-12,15-16,21-22,27H,4-5,8-10,13-14,17-20H2,1-3H3,(H,31,34). The lowest BCUT2D eigenvalue weighted by Crippen LogP contribution is -2.34. The van der Waals surface area contributed by atoms with Gasteiger partial charge in [0.2, 0.25) is 5.91 Å². The number of hydrogen-bond acceptors (Lipinski definition) is 4.